The molecule has 1 aliphatic carbocycles. The van der Waals surface area contributed by atoms with Gasteiger partial charge in [-0.25, -0.2) is 0 Å². The largest absolute Gasteiger partial charge is 0.496 e. The van der Waals surface area contributed by atoms with Gasteiger partial charge >= 0.3 is 0 Å². The summed E-state index contributed by atoms with van der Waals surface area (Å²) in [5.74, 6) is 3.43. The SMILES string of the molecule is CCNC(c1ccc(C)cc1OC)C1CCC(C)C(C)C1. The highest BCUT2D eigenvalue weighted by molar-refractivity contribution is 5.39. The normalized spacial score (nSPS) is 27.4. The summed E-state index contributed by atoms with van der Waals surface area (Å²) in [6.45, 7) is 10.1. The minimum Gasteiger partial charge on any atom is -0.496 e. The van der Waals surface area contributed by atoms with Gasteiger partial charge in [0.2, 0.25) is 0 Å². The minimum atomic E-state index is 0.417. The summed E-state index contributed by atoms with van der Waals surface area (Å²) in [7, 11) is 1.78. The molecule has 0 aromatic heterocycles. The van der Waals surface area contributed by atoms with Gasteiger partial charge in [0.15, 0.2) is 0 Å². The second-order valence-corrected chi connectivity index (χ2v) is 6.81. The lowest BCUT2D eigenvalue weighted by Gasteiger charge is -2.37. The van der Waals surface area contributed by atoms with Crippen molar-refractivity contribution in [3.63, 3.8) is 0 Å². The van der Waals surface area contributed by atoms with Gasteiger partial charge < -0.3 is 10.1 Å². The molecule has 2 rings (SSSR count). The standard InChI is InChI=1S/C19H31NO/c1-6-20-19(16-9-8-14(3)15(4)12-16)17-10-7-13(2)11-18(17)21-5/h7,10-11,14-16,19-20H,6,8-9,12H2,1-5H3. The zero-order valence-electron chi connectivity index (χ0n) is 14.3. The monoisotopic (exact) mass is 289 g/mol. The lowest BCUT2D eigenvalue weighted by molar-refractivity contribution is 0.170. The van der Waals surface area contributed by atoms with Gasteiger partial charge in [-0.3, -0.25) is 0 Å². The maximum absolute atomic E-state index is 5.65. The van der Waals surface area contributed by atoms with Crippen LogP contribution < -0.4 is 10.1 Å². The Hall–Kier alpha value is -1.02. The first-order valence-corrected chi connectivity index (χ1v) is 8.44. The van der Waals surface area contributed by atoms with Gasteiger partial charge in [0.25, 0.3) is 0 Å². The van der Waals surface area contributed by atoms with Crippen molar-refractivity contribution >= 4 is 0 Å². The first-order valence-electron chi connectivity index (χ1n) is 8.44. The fraction of sp³-hybridized carbons (Fsp3) is 0.684. The average Bonchev–Trinajstić information content (AvgIpc) is 2.48. The van der Waals surface area contributed by atoms with Crippen LogP contribution in [-0.4, -0.2) is 13.7 Å². The van der Waals surface area contributed by atoms with Crippen LogP contribution in [0, 0.1) is 24.7 Å². The minimum absolute atomic E-state index is 0.417. The zero-order chi connectivity index (χ0) is 15.4. The molecule has 0 radical (unpaired) electrons. The fourth-order valence-corrected chi connectivity index (χ4v) is 3.72. The molecule has 1 N–H and O–H groups in total. The molecule has 1 aliphatic rings. The highest BCUT2D eigenvalue weighted by Gasteiger charge is 2.31. The van der Waals surface area contributed by atoms with E-state index in [1.165, 1.54) is 30.4 Å². The van der Waals surface area contributed by atoms with E-state index in [0.717, 1.165) is 24.1 Å². The predicted molar refractivity (Wildman–Crippen MR) is 89.8 cm³/mol. The van der Waals surface area contributed by atoms with Gasteiger partial charge in [-0.05, 0) is 55.7 Å². The van der Waals surface area contributed by atoms with Crippen molar-refractivity contribution in [2.24, 2.45) is 17.8 Å². The lowest BCUT2D eigenvalue weighted by atomic mass is 9.72. The summed E-state index contributed by atoms with van der Waals surface area (Å²) >= 11 is 0. The van der Waals surface area contributed by atoms with Crippen molar-refractivity contribution in [1.82, 2.24) is 5.32 Å². The Morgan fingerprint density at radius 2 is 2.00 bits per heavy atom. The molecule has 0 aliphatic heterocycles. The molecule has 118 valence electrons. The molecule has 1 aromatic rings. The van der Waals surface area contributed by atoms with Crippen molar-refractivity contribution in [3.8, 4) is 5.75 Å². The Morgan fingerprint density at radius 1 is 1.24 bits per heavy atom. The Labute approximate surface area is 130 Å². The molecule has 1 fully saturated rings. The second-order valence-electron chi connectivity index (χ2n) is 6.81. The van der Waals surface area contributed by atoms with Crippen molar-refractivity contribution in [2.75, 3.05) is 13.7 Å². The van der Waals surface area contributed by atoms with Gasteiger partial charge in [0, 0.05) is 11.6 Å². The van der Waals surface area contributed by atoms with Crippen LogP contribution in [0.25, 0.3) is 0 Å². The van der Waals surface area contributed by atoms with Crippen LogP contribution in [0.2, 0.25) is 0 Å². The second kappa shape index (κ2) is 7.31. The number of aryl methyl sites for hydroxylation is 1. The number of ether oxygens (including phenoxy) is 1. The fourth-order valence-electron chi connectivity index (χ4n) is 3.72. The van der Waals surface area contributed by atoms with Crippen LogP contribution in [0.15, 0.2) is 18.2 Å². The van der Waals surface area contributed by atoms with Crippen LogP contribution in [0.5, 0.6) is 5.75 Å². The summed E-state index contributed by atoms with van der Waals surface area (Å²) in [6.07, 6.45) is 3.98. The molecule has 0 spiro atoms. The van der Waals surface area contributed by atoms with E-state index in [1.807, 2.05) is 0 Å². The summed E-state index contributed by atoms with van der Waals surface area (Å²) < 4.78 is 5.65. The van der Waals surface area contributed by atoms with Gasteiger partial charge in [-0.2, -0.15) is 0 Å². The molecule has 1 saturated carbocycles. The molecule has 4 unspecified atom stereocenters. The van der Waals surface area contributed by atoms with E-state index in [9.17, 15) is 0 Å². The number of nitrogens with one attached hydrogen (secondary N) is 1. The van der Waals surface area contributed by atoms with E-state index in [0.29, 0.717) is 12.0 Å². The van der Waals surface area contributed by atoms with Crippen molar-refractivity contribution in [2.45, 2.75) is 53.0 Å². The van der Waals surface area contributed by atoms with Gasteiger partial charge in [-0.1, -0.05) is 39.3 Å². The molecule has 21 heavy (non-hydrogen) atoms. The number of hydrogen-bond acceptors (Lipinski definition) is 2. The molecule has 2 nitrogen and oxygen atoms in total. The Kier molecular flexibility index (Phi) is 5.69. The van der Waals surface area contributed by atoms with Gasteiger partial charge in [0.1, 0.15) is 5.75 Å². The van der Waals surface area contributed by atoms with Crippen molar-refractivity contribution in [3.05, 3.63) is 29.3 Å². The Balaban J connectivity index is 2.26. The zero-order valence-corrected chi connectivity index (χ0v) is 14.3. The smallest absolute Gasteiger partial charge is 0.123 e. The molecule has 0 heterocycles. The van der Waals surface area contributed by atoms with Gasteiger partial charge in [0.05, 0.1) is 7.11 Å². The third-order valence-corrected chi connectivity index (χ3v) is 5.26. The third kappa shape index (κ3) is 3.79. The van der Waals surface area contributed by atoms with Crippen LogP contribution in [0.1, 0.15) is 57.2 Å². The first kappa shape index (κ1) is 16.4. The predicted octanol–water partition coefficient (Wildman–Crippen LogP) is 4.73. The number of hydrogen-bond donors (Lipinski definition) is 1. The van der Waals surface area contributed by atoms with Crippen molar-refractivity contribution in [1.29, 1.82) is 0 Å². The quantitative estimate of drug-likeness (QED) is 0.846. The summed E-state index contributed by atoms with van der Waals surface area (Å²) in [5, 5.41) is 3.72. The highest BCUT2D eigenvalue weighted by atomic mass is 16.5. The Bertz CT molecular complexity index is 457. The van der Waals surface area contributed by atoms with Crippen LogP contribution in [0.4, 0.5) is 0 Å². The Morgan fingerprint density at radius 3 is 2.62 bits per heavy atom. The molecular formula is C19H31NO. The van der Waals surface area contributed by atoms with Crippen LogP contribution in [-0.2, 0) is 0 Å². The molecule has 4 atom stereocenters. The third-order valence-electron chi connectivity index (χ3n) is 5.26. The van der Waals surface area contributed by atoms with Gasteiger partial charge in [-0.15, -0.1) is 0 Å². The number of rotatable bonds is 5. The average molecular weight is 289 g/mol. The van der Waals surface area contributed by atoms with Crippen LogP contribution >= 0.6 is 0 Å². The van der Waals surface area contributed by atoms with Crippen LogP contribution in [0.3, 0.4) is 0 Å². The molecule has 2 heteroatoms. The maximum Gasteiger partial charge on any atom is 0.123 e. The summed E-state index contributed by atoms with van der Waals surface area (Å²) in [4.78, 5) is 0. The number of benzene rings is 1. The molecule has 0 saturated heterocycles. The molecule has 1 aromatic carbocycles. The lowest BCUT2D eigenvalue weighted by Crippen LogP contribution is -2.33. The molecular weight excluding hydrogens is 258 g/mol. The van der Waals surface area contributed by atoms with E-state index < -0.39 is 0 Å². The van der Waals surface area contributed by atoms with E-state index in [4.69, 9.17) is 4.74 Å². The molecule has 0 amide bonds. The molecule has 0 bridgehead atoms. The van der Waals surface area contributed by atoms with E-state index in [1.54, 1.807) is 7.11 Å². The van der Waals surface area contributed by atoms with E-state index in [2.05, 4.69) is 51.2 Å². The van der Waals surface area contributed by atoms with Crippen molar-refractivity contribution < 1.29 is 4.74 Å². The summed E-state index contributed by atoms with van der Waals surface area (Å²) in [5.41, 5.74) is 2.59. The topological polar surface area (TPSA) is 21.3 Å². The highest BCUT2D eigenvalue weighted by Crippen LogP contribution is 2.42. The summed E-state index contributed by atoms with van der Waals surface area (Å²) in [6, 6.07) is 7.04. The maximum atomic E-state index is 5.65. The first-order chi connectivity index (χ1) is 10.1. The number of methoxy groups -OCH3 is 1. The van der Waals surface area contributed by atoms with E-state index in [-0.39, 0.29) is 0 Å². The van der Waals surface area contributed by atoms with E-state index >= 15 is 0 Å².